The fourth-order valence-electron chi connectivity index (χ4n) is 3.59. The molecule has 0 bridgehead atoms. The van der Waals surface area contributed by atoms with Gasteiger partial charge in [0.15, 0.2) is 0 Å². The van der Waals surface area contributed by atoms with Gasteiger partial charge >= 0.3 is 0 Å². The zero-order valence-electron chi connectivity index (χ0n) is 13.6. The average molecular weight is 274 g/mol. The molecule has 2 heteroatoms. The first-order valence-electron chi connectivity index (χ1n) is 8.18. The summed E-state index contributed by atoms with van der Waals surface area (Å²) in [4.78, 5) is 4.56. The molecular weight excluding hydrogens is 244 g/mol. The molecule has 2 rings (SSSR count). The van der Waals surface area contributed by atoms with Gasteiger partial charge in [-0.3, -0.25) is 4.98 Å². The predicted molar refractivity (Wildman–Crippen MR) is 85.7 cm³/mol. The van der Waals surface area contributed by atoms with Crippen molar-refractivity contribution in [3.05, 3.63) is 29.6 Å². The molecule has 2 unspecified atom stereocenters. The molecule has 1 saturated carbocycles. The van der Waals surface area contributed by atoms with Crippen LogP contribution in [0, 0.1) is 11.3 Å². The van der Waals surface area contributed by atoms with Crippen molar-refractivity contribution in [2.45, 2.75) is 72.4 Å². The van der Waals surface area contributed by atoms with Crippen molar-refractivity contribution in [1.82, 2.24) is 10.3 Å². The van der Waals surface area contributed by atoms with Crippen molar-refractivity contribution in [2.75, 3.05) is 0 Å². The van der Waals surface area contributed by atoms with Crippen LogP contribution in [0.5, 0.6) is 0 Å². The molecule has 0 radical (unpaired) electrons. The monoisotopic (exact) mass is 274 g/mol. The Morgan fingerprint density at radius 3 is 2.70 bits per heavy atom. The zero-order chi connectivity index (χ0) is 14.6. The van der Waals surface area contributed by atoms with Crippen molar-refractivity contribution in [1.29, 1.82) is 0 Å². The second-order valence-corrected chi connectivity index (χ2v) is 7.21. The van der Waals surface area contributed by atoms with Gasteiger partial charge in [-0.2, -0.15) is 0 Å². The van der Waals surface area contributed by atoms with Gasteiger partial charge in [0.25, 0.3) is 0 Å². The maximum atomic E-state index is 4.56. The van der Waals surface area contributed by atoms with Crippen LogP contribution in [0.25, 0.3) is 0 Å². The molecule has 1 fully saturated rings. The molecular formula is C18H30N2. The quantitative estimate of drug-likeness (QED) is 0.883. The van der Waals surface area contributed by atoms with Crippen LogP contribution in [0.1, 0.15) is 64.6 Å². The van der Waals surface area contributed by atoms with Crippen LogP contribution in [-0.4, -0.2) is 11.0 Å². The van der Waals surface area contributed by atoms with E-state index >= 15 is 0 Å². The lowest BCUT2D eigenvalue weighted by Crippen LogP contribution is -2.44. The largest absolute Gasteiger partial charge is 0.308 e. The summed E-state index contributed by atoms with van der Waals surface area (Å²) in [5, 5.41) is 3.81. The standard InChI is InChI=1S/C18H30N2/c1-5-14-9-8-12-19-17(14)13-20-16-11-7-6-10-15(16)18(2,3)4/h8-9,12,15-16,20H,5-7,10-11,13H2,1-4H3. The Kier molecular flexibility index (Phi) is 5.20. The van der Waals surface area contributed by atoms with Crippen LogP contribution in [0.3, 0.4) is 0 Å². The first-order chi connectivity index (χ1) is 9.52. The molecule has 1 N–H and O–H groups in total. The van der Waals surface area contributed by atoms with Crippen LogP contribution >= 0.6 is 0 Å². The van der Waals surface area contributed by atoms with E-state index < -0.39 is 0 Å². The maximum absolute atomic E-state index is 4.56. The predicted octanol–water partition coefficient (Wildman–Crippen LogP) is 4.34. The highest BCUT2D eigenvalue weighted by molar-refractivity contribution is 5.19. The SMILES string of the molecule is CCc1cccnc1CNC1CCCCC1C(C)(C)C. The molecule has 112 valence electrons. The normalized spacial score (nSPS) is 23.8. The zero-order valence-corrected chi connectivity index (χ0v) is 13.6. The summed E-state index contributed by atoms with van der Waals surface area (Å²) < 4.78 is 0. The van der Waals surface area contributed by atoms with Gasteiger partial charge in [-0.1, -0.05) is 46.6 Å². The number of pyridine rings is 1. The minimum atomic E-state index is 0.399. The summed E-state index contributed by atoms with van der Waals surface area (Å²) in [7, 11) is 0. The summed E-state index contributed by atoms with van der Waals surface area (Å²) >= 11 is 0. The lowest BCUT2D eigenvalue weighted by molar-refractivity contribution is 0.130. The van der Waals surface area contributed by atoms with Gasteiger partial charge in [-0.15, -0.1) is 0 Å². The van der Waals surface area contributed by atoms with E-state index in [9.17, 15) is 0 Å². The van der Waals surface area contributed by atoms with E-state index in [-0.39, 0.29) is 0 Å². The van der Waals surface area contributed by atoms with E-state index in [1.54, 1.807) is 0 Å². The smallest absolute Gasteiger partial charge is 0.0573 e. The van der Waals surface area contributed by atoms with Gasteiger partial charge in [-0.25, -0.2) is 0 Å². The second-order valence-electron chi connectivity index (χ2n) is 7.21. The Labute approximate surface area is 124 Å². The molecule has 1 aromatic rings. The Bertz CT molecular complexity index is 420. The lowest BCUT2D eigenvalue weighted by atomic mass is 9.69. The fourth-order valence-corrected chi connectivity index (χ4v) is 3.59. The van der Waals surface area contributed by atoms with E-state index in [0.717, 1.165) is 18.9 Å². The Hall–Kier alpha value is -0.890. The van der Waals surface area contributed by atoms with Gasteiger partial charge in [0.1, 0.15) is 0 Å². The molecule has 1 heterocycles. The highest BCUT2D eigenvalue weighted by atomic mass is 14.9. The van der Waals surface area contributed by atoms with Crippen molar-refractivity contribution < 1.29 is 0 Å². The maximum Gasteiger partial charge on any atom is 0.0573 e. The molecule has 2 nitrogen and oxygen atoms in total. The lowest BCUT2D eigenvalue weighted by Gasteiger charge is -2.41. The van der Waals surface area contributed by atoms with Crippen LogP contribution < -0.4 is 5.32 Å². The summed E-state index contributed by atoms with van der Waals surface area (Å²) in [5.41, 5.74) is 3.01. The number of nitrogens with zero attached hydrogens (tertiary/aromatic N) is 1. The van der Waals surface area contributed by atoms with Crippen LogP contribution in [-0.2, 0) is 13.0 Å². The van der Waals surface area contributed by atoms with Crippen molar-refractivity contribution in [3.63, 3.8) is 0 Å². The van der Waals surface area contributed by atoms with Gasteiger partial charge in [0.05, 0.1) is 5.69 Å². The number of hydrogen-bond donors (Lipinski definition) is 1. The minimum Gasteiger partial charge on any atom is -0.308 e. The van der Waals surface area contributed by atoms with E-state index in [0.29, 0.717) is 11.5 Å². The van der Waals surface area contributed by atoms with Gasteiger partial charge < -0.3 is 5.32 Å². The molecule has 0 spiro atoms. The molecule has 1 aromatic heterocycles. The van der Waals surface area contributed by atoms with Gasteiger partial charge in [0.2, 0.25) is 0 Å². The van der Waals surface area contributed by atoms with Gasteiger partial charge in [-0.05, 0) is 42.2 Å². The summed E-state index contributed by atoms with van der Waals surface area (Å²) in [5.74, 6) is 0.782. The number of hydrogen-bond acceptors (Lipinski definition) is 2. The number of rotatable bonds is 4. The first kappa shape index (κ1) is 15.5. The third kappa shape index (κ3) is 3.82. The Morgan fingerprint density at radius 2 is 2.00 bits per heavy atom. The second kappa shape index (κ2) is 6.71. The molecule has 20 heavy (non-hydrogen) atoms. The third-order valence-corrected chi connectivity index (χ3v) is 4.78. The summed E-state index contributed by atoms with van der Waals surface area (Å²) in [6.45, 7) is 10.3. The van der Waals surface area contributed by atoms with Crippen LogP contribution in [0.2, 0.25) is 0 Å². The van der Waals surface area contributed by atoms with E-state index in [2.05, 4.69) is 44.1 Å². The first-order valence-corrected chi connectivity index (χ1v) is 8.18. The summed E-state index contributed by atoms with van der Waals surface area (Å²) in [6, 6.07) is 4.89. The number of nitrogens with one attached hydrogen (secondary N) is 1. The average Bonchev–Trinajstić information content (AvgIpc) is 2.44. The highest BCUT2D eigenvalue weighted by Gasteiger charge is 2.33. The fraction of sp³-hybridized carbons (Fsp3) is 0.722. The Balaban J connectivity index is 2.01. The molecule has 0 amide bonds. The Morgan fingerprint density at radius 1 is 1.25 bits per heavy atom. The van der Waals surface area contributed by atoms with Crippen molar-refractivity contribution >= 4 is 0 Å². The summed E-state index contributed by atoms with van der Waals surface area (Å²) in [6.07, 6.45) is 8.42. The van der Waals surface area contributed by atoms with E-state index in [1.807, 2.05) is 12.3 Å². The molecule has 2 atom stereocenters. The minimum absolute atomic E-state index is 0.399. The number of aryl methyl sites for hydroxylation is 1. The molecule has 0 aliphatic heterocycles. The van der Waals surface area contributed by atoms with Gasteiger partial charge in [0, 0.05) is 18.8 Å². The molecule has 1 aliphatic rings. The molecule has 0 saturated heterocycles. The highest BCUT2D eigenvalue weighted by Crippen LogP contribution is 2.38. The van der Waals surface area contributed by atoms with Crippen LogP contribution in [0.15, 0.2) is 18.3 Å². The molecule has 0 aromatic carbocycles. The van der Waals surface area contributed by atoms with Crippen molar-refractivity contribution in [3.8, 4) is 0 Å². The third-order valence-electron chi connectivity index (χ3n) is 4.78. The van der Waals surface area contributed by atoms with Crippen LogP contribution in [0.4, 0.5) is 0 Å². The molecule has 1 aliphatic carbocycles. The van der Waals surface area contributed by atoms with Crippen molar-refractivity contribution in [2.24, 2.45) is 11.3 Å². The van der Waals surface area contributed by atoms with E-state index in [4.69, 9.17) is 0 Å². The van der Waals surface area contributed by atoms with E-state index in [1.165, 1.54) is 36.9 Å². The number of aromatic nitrogens is 1. The topological polar surface area (TPSA) is 24.9 Å².